The van der Waals surface area contributed by atoms with Gasteiger partial charge in [-0.2, -0.15) is 0 Å². The Morgan fingerprint density at radius 2 is 1.96 bits per heavy atom. The molecule has 0 bridgehead atoms. The van der Waals surface area contributed by atoms with Gasteiger partial charge in [-0.1, -0.05) is 38.5 Å². The number of carbonyl (C=O) groups excluding carboxylic acids is 2. The lowest BCUT2D eigenvalue weighted by Crippen LogP contribution is -2.49. The average Bonchev–Trinajstić information content (AvgIpc) is 2.98. The van der Waals surface area contributed by atoms with E-state index in [-0.39, 0.29) is 12.0 Å². The molecule has 1 atom stereocenters. The molecule has 2 aliphatic rings. The normalized spacial score (nSPS) is 19.9. The topological polar surface area (TPSA) is 59.1 Å². The van der Waals surface area contributed by atoms with Crippen molar-refractivity contribution in [1.29, 1.82) is 0 Å². The number of piperidine rings is 1. The maximum atomic E-state index is 12.4. The quantitative estimate of drug-likeness (QED) is 0.735. The zero-order chi connectivity index (χ0) is 19.3. The van der Waals surface area contributed by atoms with Gasteiger partial charge in [-0.25, -0.2) is 4.79 Å². The monoisotopic (exact) mass is 374 g/mol. The third-order valence-corrected chi connectivity index (χ3v) is 5.66. The fraction of sp³-hybridized carbons (Fsp3) is 0.619. The highest BCUT2D eigenvalue weighted by molar-refractivity contribution is 5.76. The molecule has 2 heterocycles. The molecule has 0 saturated carbocycles. The highest BCUT2D eigenvalue weighted by atomic mass is 16.6. The van der Waals surface area contributed by atoms with Crippen LogP contribution in [0.5, 0.6) is 5.75 Å². The molecule has 2 fully saturated rings. The van der Waals surface area contributed by atoms with Gasteiger partial charge in [-0.05, 0) is 18.1 Å². The molecular formula is C21H30N2O4. The summed E-state index contributed by atoms with van der Waals surface area (Å²) in [6.07, 6.45) is 2.76. The molecule has 0 aromatic heterocycles. The molecule has 1 spiro atoms. The van der Waals surface area contributed by atoms with Crippen LogP contribution in [0.3, 0.4) is 0 Å². The molecule has 2 aliphatic heterocycles. The molecule has 1 aromatic rings. The van der Waals surface area contributed by atoms with E-state index in [1.54, 1.807) is 4.90 Å². The van der Waals surface area contributed by atoms with E-state index < -0.39 is 5.60 Å². The molecule has 1 aromatic carbocycles. The second kappa shape index (κ2) is 8.63. The number of ether oxygens (including phenoxy) is 2. The van der Waals surface area contributed by atoms with Gasteiger partial charge in [0.25, 0.3) is 0 Å². The number of benzene rings is 1. The molecule has 3 rings (SSSR count). The van der Waals surface area contributed by atoms with Gasteiger partial charge in [0.2, 0.25) is 5.91 Å². The maximum Gasteiger partial charge on any atom is 0.410 e. The van der Waals surface area contributed by atoms with E-state index in [4.69, 9.17) is 9.47 Å². The minimum atomic E-state index is -0.447. The van der Waals surface area contributed by atoms with E-state index in [9.17, 15) is 9.59 Å². The van der Waals surface area contributed by atoms with Crippen LogP contribution in [-0.2, 0) is 9.53 Å². The summed E-state index contributed by atoms with van der Waals surface area (Å²) in [6.45, 7) is 7.07. The summed E-state index contributed by atoms with van der Waals surface area (Å²) < 4.78 is 11.4. The summed E-state index contributed by atoms with van der Waals surface area (Å²) in [7, 11) is 0. The van der Waals surface area contributed by atoms with Crippen LogP contribution in [0, 0.1) is 5.92 Å². The first-order chi connectivity index (χ1) is 13.0. The fourth-order valence-corrected chi connectivity index (χ4v) is 3.65. The highest BCUT2D eigenvalue weighted by Crippen LogP contribution is 2.33. The number of nitrogens with zero attached hydrogens (tertiary/aromatic N) is 2. The largest absolute Gasteiger partial charge is 0.492 e. The Morgan fingerprint density at radius 3 is 2.63 bits per heavy atom. The van der Waals surface area contributed by atoms with E-state index in [1.807, 2.05) is 35.2 Å². The van der Waals surface area contributed by atoms with Crippen molar-refractivity contribution in [2.24, 2.45) is 5.92 Å². The van der Waals surface area contributed by atoms with Crippen LogP contribution < -0.4 is 4.74 Å². The molecule has 2 saturated heterocycles. The van der Waals surface area contributed by atoms with Crippen molar-refractivity contribution in [1.82, 2.24) is 9.80 Å². The minimum absolute atomic E-state index is 0.219. The number of para-hydroxylation sites is 1. The van der Waals surface area contributed by atoms with E-state index in [1.165, 1.54) is 0 Å². The predicted octanol–water partition coefficient (Wildman–Crippen LogP) is 3.32. The summed E-state index contributed by atoms with van der Waals surface area (Å²) in [5.41, 5.74) is -0.447. The van der Waals surface area contributed by atoms with E-state index in [0.29, 0.717) is 58.0 Å². The van der Waals surface area contributed by atoms with Gasteiger partial charge in [0.05, 0.1) is 13.1 Å². The number of rotatable bonds is 7. The van der Waals surface area contributed by atoms with Crippen molar-refractivity contribution in [3.05, 3.63) is 30.3 Å². The van der Waals surface area contributed by atoms with Crippen LogP contribution in [0.15, 0.2) is 30.3 Å². The molecule has 6 heteroatoms. The van der Waals surface area contributed by atoms with Crippen LogP contribution in [0.4, 0.5) is 4.79 Å². The predicted molar refractivity (Wildman–Crippen MR) is 103 cm³/mol. The number of hydrogen-bond acceptors (Lipinski definition) is 4. The molecule has 6 nitrogen and oxygen atoms in total. The molecule has 2 amide bonds. The van der Waals surface area contributed by atoms with E-state index >= 15 is 0 Å². The lowest BCUT2D eigenvalue weighted by atomic mass is 9.90. The van der Waals surface area contributed by atoms with Crippen LogP contribution >= 0.6 is 0 Å². The molecular weight excluding hydrogens is 344 g/mol. The van der Waals surface area contributed by atoms with Crippen molar-refractivity contribution < 1.29 is 19.1 Å². The molecule has 148 valence electrons. The third-order valence-electron chi connectivity index (χ3n) is 5.66. The van der Waals surface area contributed by atoms with Gasteiger partial charge in [0.1, 0.15) is 18.0 Å². The van der Waals surface area contributed by atoms with Gasteiger partial charge in [-0.15, -0.1) is 0 Å². The fourth-order valence-electron chi connectivity index (χ4n) is 3.65. The maximum absolute atomic E-state index is 12.4. The van der Waals surface area contributed by atoms with Crippen molar-refractivity contribution in [3.8, 4) is 5.75 Å². The van der Waals surface area contributed by atoms with Crippen LogP contribution in [0.1, 0.15) is 39.5 Å². The lowest BCUT2D eigenvalue weighted by molar-refractivity contribution is -0.135. The number of likely N-dealkylation sites (tertiary alicyclic amines) is 1. The van der Waals surface area contributed by atoms with Gasteiger partial charge in [0, 0.05) is 32.4 Å². The number of hydrogen-bond donors (Lipinski definition) is 0. The summed E-state index contributed by atoms with van der Waals surface area (Å²) in [4.78, 5) is 28.3. The first-order valence-corrected chi connectivity index (χ1v) is 9.95. The Labute approximate surface area is 161 Å². The molecule has 0 unspecified atom stereocenters. The lowest BCUT2D eigenvalue weighted by Gasteiger charge is -2.37. The van der Waals surface area contributed by atoms with Crippen molar-refractivity contribution in [2.75, 3.05) is 32.8 Å². The van der Waals surface area contributed by atoms with Crippen LogP contribution in [-0.4, -0.2) is 60.2 Å². The zero-order valence-electron chi connectivity index (χ0n) is 16.4. The Balaban J connectivity index is 1.45. The molecule has 27 heavy (non-hydrogen) atoms. The smallest absolute Gasteiger partial charge is 0.410 e. The Bertz CT molecular complexity index is 641. The second-order valence-electron chi connectivity index (χ2n) is 7.73. The summed E-state index contributed by atoms with van der Waals surface area (Å²) in [5.74, 6) is 1.43. The number of amides is 2. The van der Waals surface area contributed by atoms with E-state index in [2.05, 4.69) is 13.8 Å². The van der Waals surface area contributed by atoms with Crippen LogP contribution in [0.25, 0.3) is 0 Å². The Kier molecular flexibility index (Phi) is 6.24. The van der Waals surface area contributed by atoms with E-state index in [0.717, 1.165) is 12.2 Å². The molecule has 0 radical (unpaired) electrons. The van der Waals surface area contributed by atoms with Crippen molar-refractivity contribution >= 4 is 12.0 Å². The molecule has 0 aliphatic carbocycles. The molecule has 0 N–H and O–H groups in total. The average molecular weight is 374 g/mol. The Morgan fingerprint density at radius 1 is 1.26 bits per heavy atom. The summed E-state index contributed by atoms with van der Waals surface area (Å²) >= 11 is 0. The Hall–Kier alpha value is -2.24. The zero-order valence-corrected chi connectivity index (χ0v) is 16.4. The summed E-state index contributed by atoms with van der Waals surface area (Å²) in [6, 6.07) is 9.58. The number of carbonyl (C=O) groups is 2. The third kappa shape index (κ3) is 4.93. The van der Waals surface area contributed by atoms with Gasteiger partial charge in [-0.3, -0.25) is 4.79 Å². The van der Waals surface area contributed by atoms with Crippen molar-refractivity contribution in [3.63, 3.8) is 0 Å². The minimum Gasteiger partial charge on any atom is -0.492 e. The first-order valence-electron chi connectivity index (χ1n) is 9.95. The highest BCUT2D eigenvalue weighted by Gasteiger charge is 2.47. The van der Waals surface area contributed by atoms with Crippen molar-refractivity contribution in [2.45, 2.75) is 45.1 Å². The first kappa shape index (κ1) is 19.5. The van der Waals surface area contributed by atoms with Gasteiger partial charge < -0.3 is 19.3 Å². The summed E-state index contributed by atoms with van der Waals surface area (Å²) in [5, 5.41) is 0. The van der Waals surface area contributed by atoms with Gasteiger partial charge >= 0.3 is 6.09 Å². The SMILES string of the molecule is CC[C@H](C)CC(=O)N1CCC2(CC1)CN(CCOc1ccccc1)C(=O)O2. The van der Waals surface area contributed by atoms with Gasteiger partial charge in [0.15, 0.2) is 0 Å². The van der Waals surface area contributed by atoms with Crippen LogP contribution in [0.2, 0.25) is 0 Å². The standard InChI is InChI=1S/C21H30N2O4/c1-3-17(2)15-19(24)22-11-9-21(10-12-22)16-23(20(25)27-21)13-14-26-18-7-5-4-6-8-18/h4-8,17H,3,9-16H2,1-2H3/t17-/m0/s1. The second-order valence-corrected chi connectivity index (χ2v) is 7.73.